The Hall–Kier alpha value is -3.35. The molecule has 3 aromatic rings. The van der Waals surface area contributed by atoms with Gasteiger partial charge in [-0.15, -0.1) is 0 Å². The molecule has 1 aliphatic heterocycles. The first kappa shape index (κ1) is 19.9. The van der Waals surface area contributed by atoms with Gasteiger partial charge in [-0.1, -0.05) is 53.5 Å². The fourth-order valence-corrected chi connectivity index (χ4v) is 3.51. The molecule has 150 valence electrons. The minimum atomic E-state index is -0.781. The zero-order valence-electron chi connectivity index (χ0n) is 15.4. The highest BCUT2D eigenvalue weighted by Gasteiger charge is 2.35. The summed E-state index contributed by atoms with van der Waals surface area (Å²) in [7, 11) is 0. The summed E-state index contributed by atoms with van der Waals surface area (Å²) in [5.74, 6) is -0.764. The lowest BCUT2D eigenvalue weighted by molar-refractivity contribution is -0.130. The van der Waals surface area contributed by atoms with Gasteiger partial charge in [-0.05, 0) is 42.0 Å². The second-order valence-corrected chi connectivity index (χ2v) is 7.36. The normalized spacial score (nSPS) is 15.6. The molecule has 4 rings (SSSR count). The zero-order chi connectivity index (χ0) is 21.3. The summed E-state index contributed by atoms with van der Waals surface area (Å²) in [6.07, 6.45) is 1.30. The van der Waals surface area contributed by atoms with Crippen molar-refractivity contribution in [1.82, 2.24) is 10.2 Å². The van der Waals surface area contributed by atoms with Crippen LogP contribution in [0.2, 0.25) is 10.0 Å². The Morgan fingerprint density at radius 1 is 0.967 bits per heavy atom. The molecule has 2 aromatic carbocycles. The summed E-state index contributed by atoms with van der Waals surface area (Å²) in [6.45, 7) is 0.0416. The highest BCUT2D eigenvalue weighted by Crippen LogP contribution is 2.32. The molecule has 0 bridgehead atoms. The van der Waals surface area contributed by atoms with E-state index in [1.807, 2.05) is 6.07 Å². The number of urea groups is 1. The number of imide groups is 2. The summed E-state index contributed by atoms with van der Waals surface area (Å²) in [6, 6.07) is 16.5. The van der Waals surface area contributed by atoms with Crippen LogP contribution < -0.4 is 5.32 Å². The van der Waals surface area contributed by atoms with Gasteiger partial charge in [0, 0.05) is 10.6 Å². The second-order valence-electron chi connectivity index (χ2n) is 6.52. The molecule has 30 heavy (non-hydrogen) atoms. The van der Waals surface area contributed by atoms with E-state index < -0.39 is 17.8 Å². The van der Waals surface area contributed by atoms with E-state index in [-0.39, 0.29) is 17.9 Å². The van der Waals surface area contributed by atoms with E-state index in [0.29, 0.717) is 21.4 Å². The second kappa shape index (κ2) is 8.18. The molecule has 0 radical (unpaired) electrons. The van der Waals surface area contributed by atoms with Crippen LogP contribution in [0.3, 0.4) is 0 Å². The average molecular weight is 441 g/mol. The third-order valence-corrected chi connectivity index (χ3v) is 5.03. The first-order chi connectivity index (χ1) is 14.4. The molecule has 0 saturated carbocycles. The molecular formula is C22H14Cl2N2O4. The number of carbonyl (C=O) groups excluding carboxylic acids is 3. The van der Waals surface area contributed by atoms with E-state index in [4.69, 9.17) is 27.6 Å². The maximum atomic E-state index is 12.8. The molecule has 1 aliphatic rings. The van der Waals surface area contributed by atoms with E-state index in [0.717, 1.165) is 10.5 Å². The molecule has 0 spiro atoms. The lowest BCUT2D eigenvalue weighted by Gasteiger charge is -2.26. The minimum Gasteiger partial charge on any atom is -0.457 e. The molecule has 2 heterocycles. The fraction of sp³-hybridized carbons (Fsp3) is 0.0455. The van der Waals surface area contributed by atoms with E-state index >= 15 is 0 Å². The highest BCUT2D eigenvalue weighted by molar-refractivity contribution is 6.36. The van der Waals surface area contributed by atoms with Crippen LogP contribution in [0.1, 0.15) is 11.3 Å². The summed E-state index contributed by atoms with van der Waals surface area (Å²) < 4.78 is 5.73. The molecule has 1 aromatic heterocycles. The Balaban J connectivity index is 1.62. The number of carbonyl (C=O) groups is 3. The van der Waals surface area contributed by atoms with E-state index in [9.17, 15) is 14.4 Å². The van der Waals surface area contributed by atoms with Crippen LogP contribution in [0.15, 0.2) is 70.7 Å². The van der Waals surface area contributed by atoms with Crippen LogP contribution in [0.4, 0.5) is 4.79 Å². The zero-order valence-corrected chi connectivity index (χ0v) is 16.9. The quantitative estimate of drug-likeness (QED) is 0.461. The number of nitrogens with zero attached hydrogens (tertiary/aromatic N) is 1. The largest absolute Gasteiger partial charge is 0.457 e. The number of nitrogens with one attached hydrogen (secondary N) is 1. The first-order valence-electron chi connectivity index (χ1n) is 8.90. The smallest absolute Gasteiger partial charge is 0.331 e. The molecule has 0 atom stereocenters. The minimum absolute atomic E-state index is 0.0416. The molecular weight excluding hydrogens is 427 g/mol. The Kier molecular flexibility index (Phi) is 5.44. The summed E-state index contributed by atoms with van der Waals surface area (Å²) >= 11 is 12.1. The van der Waals surface area contributed by atoms with Gasteiger partial charge in [0.25, 0.3) is 11.8 Å². The predicted octanol–water partition coefficient (Wildman–Crippen LogP) is 4.92. The third kappa shape index (κ3) is 4.01. The van der Waals surface area contributed by atoms with Crippen LogP contribution >= 0.6 is 23.2 Å². The Bertz CT molecular complexity index is 1180. The van der Waals surface area contributed by atoms with Crippen LogP contribution in [0, 0.1) is 0 Å². The number of hydrogen-bond donors (Lipinski definition) is 1. The average Bonchev–Trinajstić information content (AvgIpc) is 3.17. The van der Waals surface area contributed by atoms with Crippen LogP contribution in [-0.4, -0.2) is 22.7 Å². The standard InChI is InChI=1S/C22H14Cl2N2O4/c23-14-6-8-16(18(24)10-14)19-9-7-15(30-19)11-17-20(27)25-22(29)26(21(17)28)12-13-4-2-1-3-5-13/h1-11H,12H2,(H,25,27,29)/b17-11+. The molecule has 1 saturated heterocycles. The predicted molar refractivity (Wildman–Crippen MR) is 113 cm³/mol. The van der Waals surface area contributed by atoms with Gasteiger partial charge >= 0.3 is 6.03 Å². The molecule has 4 amide bonds. The number of furan rings is 1. The topological polar surface area (TPSA) is 79.6 Å². The van der Waals surface area contributed by atoms with E-state index in [1.54, 1.807) is 54.6 Å². The molecule has 0 aliphatic carbocycles. The summed E-state index contributed by atoms with van der Waals surface area (Å²) in [5, 5.41) is 3.08. The number of halogens is 2. The van der Waals surface area contributed by atoms with Crippen LogP contribution in [-0.2, 0) is 16.1 Å². The lowest BCUT2D eigenvalue weighted by atomic mass is 10.1. The SMILES string of the molecule is O=C1NC(=O)N(Cc2ccccc2)C(=O)/C1=C/c1ccc(-c2ccc(Cl)cc2Cl)o1. The number of barbiturate groups is 1. The van der Waals surface area contributed by atoms with Crippen molar-refractivity contribution in [2.75, 3.05) is 0 Å². The van der Waals surface area contributed by atoms with Gasteiger partial charge < -0.3 is 4.42 Å². The van der Waals surface area contributed by atoms with E-state index in [1.165, 1.54) is 6.08 Å². The van der Waals surface area contributed by atoms with Gasteiger partial charge in [-0.3, -0.25) is 19.8 Å². The van der Waals surface area contributed by atoms with Gasteiger partial charge in [-0.25, -0.2) is 4.79 Å². The lowest BCUT2D eigenvalue weighted by Crippen LogP contribution is -2.53. The maximum absolute atomic E-state index is 12.8. The molecule has 0 unspecified atom stereocenters. The van der Waals surface area contributed by atoms with Crippen molar-refractivity contribution in [3.8, 4) is 11.3 Å². The van der Waals surface area contributed by atoms with Crippen molar-refractivity contribution in [2.45, 2.75) is 6.54 Å². The monoisotopic (exact) mass is 440 g/mol. The maximum Gasteiger partial charge on any atom is 0.331 e. The van der Waals surface area contributed by atoms with Gasteiger partial charge in [0.05, 0.1) is 11.6 Å². The van der Waals surface area contributed by atoms with Crippen molar-refractivity contribution in [2.24, 2.45) is 0 Å². The Labute approximate surface area is 181 Å². The first-order valence-corrected chi connectivity index (χ1v) is 9.66. The third-order valence-electron chi connectivity index (χ3n) is 4.48. The van der Waals surface area contributed by atoms with Crippen molar-refractivity contribution in [3.05, 3.63) is 87.6 Å². The molecule has 1 N–H and O–H groups in total. The Morgan fingerprint density at radius 2 is 1.73 bits per heavy atom. The fourth-order valence-electron chi connectivity index (χ4n) is 3.01. The summed E-state index contributed by atoms with van der Waals surface area (Å²) in [5.41, 5.74) is 1.17. The van der Waals surface area contributed by atoms with Gasteiger partial charge in [0.2, 0.25) is 0 Å². The number of benzene rings is 2. The van der Waals surface area contributed by atoms with Crippen LogP contribution in [0.5, 0.6) is 0 Å². The molecule has 8 heteroatoms. The van der Waals surface area contributed by atoms with Crippen molar-refractivity contribution < 1.29 is 18.8 Å². The Morgan fingerprint density at radius 3 is 2.47 bits per heavy atom. The number of hydrogen-bond acceptors (Lipinski definition) is 4. The number of rotatable bonds is 4. The van der Waals surface area contributed by atoms with Gasteiger partial charge in [0.1, 0.15) is 17.1 Å². The van der Waals surface area contributed by atoms with Gasteiger partial charge in [-0.2, -0.15) is 0 Å². The van der Waals surface area contributed by atoms with Gasteiger partial charge in [0.15, 0.2) is 0 Å². The highest BCUT2D eigenvalue weighted by atomic mass is 35.5. The molecule has 1 fully saturated rings. The van der Waals surface area contributed by atoms with Crippen LogP contribution in [0.25, 0.3) is 17.4 Å². The summed E-state index contributed by atoms with van der Waals surface area (Å²) in [4.78, 5) is 38.2. The number of amides is 4. The van der Waals surface area contributed by atoms with Crippen molar-refractivity contribution in [1.29, 1.82) is 0 Å². The van der Waals surface area contributed by atoms with Crippen molar-refractivity contribution >= 4 is 47.1 Å². The molecule has 6 nitrogen and oxygen atoms in total. The van der Waals surface area contributed by atoms with Crippen molar-refractivity contribution in [3.63, 3.8) is 0 Å². The van der Waals surface area contributed by atoms with E-state index in [2.05, 4.69) is 5.32 Å².